The molecule has 0 unspecified atom stereocenters. The number of hydrogen-bond acceptors (Lipinski definition) is 11. The molecule has 0 bridgehead atoms. The molecule has 0 spiro atoms. The molecule has 2 aliphatic rings. The zero-order valence-electron chi connectivity index (χ0n) is 27.0. The van der Waals surface area contributed by atoms with Gasteiger partial charge in [0.25, 0.3) is 10.1 Å². The van der Waals surface area contributed by atoms with Crippen molar-refractivity contribution in [1.29, 1.82) is 0 Å². The smallest absolute Gasteiger partial charge is 0.294 e. The van der Waals surface area contributed by atoms with Crippen LogP contribution in [0, 0.1) is 13.8 Å². The number of ether oxygens (including phenoxy) is 2. The Morgan fingerprint density at radius 2 is 1.45 bits per heavy atom. The highest BCUT2D eigenvalue weighted by molar-refractivity contribution is 7.85. The topological polar surface area (TPSA) is 141 Å². The number of aryl methyl sites for hydroxylation is 2. The lowest BCUT2D eigenvalue weighted by atomic mass is 10.1. The van der Waals surface area contributed by atoms with Crippen molar-refractivity contribution >= 4 is 44.6 Å². The number of aliphatic hydroxyl groups is 1. The van der Waals surface area contributed by atoms with Crippen LogP contribution in [-0.2, 0) is 26.2 Å². The van der Waals surface area contributed by atoms with E-state index in [1.165, 1.54) is 12.1 Å². The van der Waals surface area contributed by atoms with E-state index < -0.39 is 10.1 Å². The van der Waals surface area contributed by atoms with Gasteiger partial charge in [-0.2, -0.15) is 13.4 Å². The summed E-state index contributed by atoms with van der Waals surface area (Å²) in [5.74, 6) is 1.30. The Bertz CT molecular complexity index is 1710. The van der Waals surface area contributed by atoms with Crippen LogP contribution < -0.4 is 20.0 Å². The van der Waals surface area contributed by atoms with Crippen molar-refractivity contribution < 1.29 is 27.6 Å². The van der Waals surface area contributed by atoms with E-state index in [-0.39, 0.29) is 11.5 Å². The molecule has 6 rings (SSSR count). The van der Waals surface area contributed by atoms with E-state index in [9.17, 15) is 13.5 Å². The van der Waals surface area contributed by atoms with Gasteiger partial charge >= 0.3 is 0 Å². The normalized spacial score (nSPS) is 15.1. The lowest BCUT2D eigenvalue weighted by Gasteiger charge is -2.33. The summed E-state index contributed by atoms with van der Waals surface area (Å²) in [4.78, 5) is 16.0. The number of hydrogen-bond donors (Lipinski definition) is 3. The zero-order chi connectivity index (χ0) is 33.4. The fourth-order valence-corrected chi connectivity index (χ4v) is 5.83. The third-order valence-electron chi connectivity index (χ3n) is 8.03. The molecular formula is C34H42N6O6S. The molecule has 0 amide bonds. The molecule has 4 aromatic rings. The molecule has 1 aromatic heterocycles. The molecule has 0 aliphatic carbocycles. The van der Waals surface area contributed by atoms with E-state index in [2.05, 4.69) is 45.2 Å². The minimum absolute atomic E-state index is 0.00264. The van der Waals surface area contributed by atoms with Crippen LogP contribution in [0.2, 0.25) is 0 Å². The molecular weight excluding hydrogens is 620 g/mol. The quantitative estimate of drug-likeness (QED) is 0.225. The summed E-state index contributed by atoms with van der Waals surface area (Å²) in [5, 5.41) is 13.0. The molecule has 3 heterocycles. The Morgan fingerprint density at radius 3 is 2.00 bits per heavy atom. The first-order chi connectivity index (χ1) is 22.6. The standard InChI is InChI=1S/C27H34N6O3.C7H8O3S/c1-20-3-4-21(19-34)15-25(20)31(2)26-5-6-28-27(30-26)29-22-16-23(32-7-11-35-12-8-32)18-24(17-22)33-9-13-36-14-10-33;1-6-2-4-7(5-3-6)11(8,9)10/h3-6,15-18,34H,7-14,19H2,1-2H3,(H,28,29,30);2-5H,1H3,(H,8,9,10). The summed E-state index contributed by atoms with van der Waals surface area (Å²) in [6.07, 6.45) is 1.76. The number of anilines is 6. The zero-order valence-corrected chi connectivity index (χ0v) is 27.8. The number of morpholine rings is 2. The summed E-state index contributed by atoms with van der Waals surface area (Å²) < 4.78 is 40.7. The molecule has 2 fully saturated rings. The van der Waals surface area contributed by atoms with Crippen LogP contribution in [0.25, 0.3) is 0 Å². The number of aliphatic hydroxyl groups excluding tert-OH is 1. The van der Waals surface area contributed by atoms with Gasteiger partial charge in [0.1, 0.15) is 5.82 Å². The second-order valence-corrected chi connectivity index (χ2v) is 12.8. The highest BCUT2D eigenvalue weighted by Gasteiger charge is 2.18. The van der Waals surface area contributed by atoms with Gasteiger partial charge < -0.3 is 34.6 Å². The molecule has 2 saturated heterocycles. The SMILES string of the molecule is Cc1ccc(CO)cc1N(C)c1ccnc(Nc2cc(N3CCOCC3)cc(N3CCOCC3)c2)n1.Cc1ccc(S(=O)(=O)O)cc1. The molecule has 3 aromatic carbocycles. The lowest BCUT2D eigenvalue weighted by Crippen LogP contribution is -2.38. The van der Waals surface area contributed by atoms with Crippen LogP contribution in [-0.4, -0.2) is 87.7 Å². The Hall–Kier alpha value is -4.27. The van der Waals surface area contributed by atoms with Gasteiger partial charge in [0, 0.05) is 62.2 Å². The van der Waals surface area contributed by atoms with Gasteiger partial charge in [-0.3, -0.25) is 4.55 Å². The molecule has 0 saturated carbocycles. The highest BCUT2D eigenvalue weighted by Crippen LogP contribution is 2.32. The summed E-state index contributed by atoms with van der Waals surface area (Å²) in [6, 6.07) is 20.4. The fourth-order valence-electron chi connectivity index (χ4n) is 5.35. The summed E-state index contributed by atoms with van der Waals surface area (Å²) in [6.45, 7) is 10.3. The summed E-state index contributed by atoms with van der Waals surface area (Å²) in [5.41, 5.74) is 7.19. The van der Waals surface area contributed by atoms with E-state index in [4.69, 9.17) is 19.0 Å². The monoisotopic (exact) mass is 662 g/mol. The predicted molar refractivity (Wildman–Crippen MR) is 184 cm³/mol. The number of rotatable bonds is 8. The molecule has 0 atom stereocenters. The third kappa shape index (κ3) is 9.18. The average molecular weight is 663 g/mol. The molecule has 250 valence electrons. The highest BCUT2D eigenvalue weighted by atomic mass is 32.2. The van der Waals surface area contributed by atoms with Crippen molar-refractivity contribution in [2.75, 3.05) is 79.7 Å². The lowest BCUT2D eigenvalue weighted by molar-refractivity contribution is 0.122. The number of nitrogens with zero attached hydrogens (tertiary/aromatic N) is 5. The second-order valence-electron chi connectivity index (χ2n) is 11.4. The van der Waals surface area contributed by atoms with E-state index in [0.717, 1.165) is 97.9 Å². The average Bonchev–Trinajstić information content (AvgIpc) is 3.09. The van der Waals surface area contributed by atoms with E-state index in [1.54, 1.807) is 18.3 Å². The third-order valence-corrected chi connectivity index (χ3v) is 8.90. The second kappa shape index (κ2) is 15.5. The van der Waals surface area contributed by atoms with Crippen LogP contribution in [0.1, 0.15) is 16.7 Å². The van der Waals surface area contributed by atoms with E-state index >= 15 is 0 Å². The van der Waals surface area contributed by atoms with Crippen molar-refractivity contribution in [3.63, 3.8) is 0 Å². The van der Waals surface area contributed by atoms with Gasteiger partial charge in [0.05, 0.1) is 37.9 Å². The minimum Gasteiger partial charge on any atom is -0.392 e. The molecule has 47 heavy (non-hydrogen) atoms. The van der Waals surface area contributed by atoms with Crippen molar-refractivity contribution in [3.05, 3.63) is 89.6 Å². The maximum atomic E-state index is 10.5. The number of nitrogens with one attached hydrogen (secondary N) is 1. The minimum atomic E-state index is -4.02. The maximum absolute atomic E-state index is 10.5. The summed E-state index contributed by atoms with van der Waals surface area (Å²) in [7, 11) is -2.04. The van der Waals surface area contributed by atoms with E-state index in [0.29, 0.717) is 5.95 Å². The van der Waals surface area contributed by atoms with E-state index in [1.807, 2.05) is 43.1 Å². The van der Waals surface area contributed by atoms with Gasteiger partial charge in [-0.15, -0.1) is 0 Å². The molecule has 2 aliphatic heterocycles. The van der Waals surface area contributed by atoms with Crippen LogP contribution in [0.4, 0.5) is 34.5 Å². The Kier molecular flexibility index (Phi) is 11.3. The summed E-state index contributed by atoms with van der Waals surface area (Å²) >= 11 is 0. The fraction of sp³-hybridized carbons (Fsp3) is 0.353. The van der Waals surface area contributed by atoms with Crippen LogP contribution in [0.3, 0.4) is 0 Å². The molecule has 0 radical (unpaired) electrons. The Balaban J connectivity index is 0.000000335. The van der Waals surface area contributed by atoms with Gasteiger partial charge in [-0.1, -0.05) is 29.8 Å². The molecule has 13 heteroatoms. The number of aromatic nitrogens is 2. The van der Waals surface area contributed by atoms with Gasteiger partial charge in [-0.05, 0) is 67.4 Å². The molecule has 12 nitrogen and oxygen atoms in total. The van der Waals surface area contributed by atoms with Crippen LogP contribution >= 0.6 is 0 Å². The van der Waals surface area contributed by atoms with Crippen LogP contribution in [0.5, 0.6) is 0 Å². The Labute approximate surface area is 276 Å². The maximum Gasteiger partial charge on any atom is 0.294 e. The first kappa shape index (κ1) is 34.1. The number of benzene rings is 3. The van der Waals surface area contributed by atoms with Crippen LogP contribution in [0.15, 0.2) is 77.8 Å². The van der Waals surface area contributed by atoms with Crippen molar-refractivity contribution in [1.82, 2.24) is 9.97 Å². The predicted octanol–water partition coefficient (Wildman–Crippen LogP) is 4.70. The van der Waals surface area contributed by atoms with Gasteiger partial charge in [0.15, 0.2) is 0 Å². The first-order valence-electron chi connectivity index (χ1n) is 15.5. The largest absolute Gasteiger partial charge is 0.392 e. The van der Waals surface area contributed by atoms with Crippen molar-refractivity contribution in [2.45, 2.75) is 25.3 Å². The molecule has 3 N–H and O–H groups in total. The van der Waals surface area contributed by atoms with Crippen molar-refractivity contribution in [3.8, 4) is 0 Å². The Morgan fingerprint density at radius 1 is 0.851 bits per heavy atom. The van der Waals surface area contributed by atoms with Gasteiger partial charge in [0.2, 0.25) is 5.95 Å². The first-order valence-corrected chi connectivity index (χ1v) is 16.9. The van der Waals surface area contributed by atoms with Crippen molar-refractivity contribution in [2.24, 2.45) is 0 Å². The van der Waals surface area contributed by atoms with Gasteiger partial charge in [-0.25, -0.2) is 4.98 Å².